The Bertz CT molecular complexity index is 1310. The lowest BCUT2D eigenvalue weighted by atomic mass is 10.2. The molecule has 3 atom stereocenters. The molecule has 11 nitrogen and oxygen atoms in total. The maximum atomic E-state index is 12.6. The summed E-state index contributed by atoms with van der Waals surface area (Å²) in [6, 6.07) is 4.12. The fourth-order valence-electron chi connectivity index (χ4n) is 4.50. The lowest BCUT2D eigenvalue weighted by Gasteiger charge is -2.20. The summed E-state index contributed by atoms with van der Waals surface area (Å²) in [5.74, 6) is 3.48. The molecule has 2 aliphatic rings. The van der Waals surface area contributed by atoms with Crippen LogP contribution < -0.4 is 10.5 Å². The Morgan fingerprint density at radius 1 is 1.23 bits per heavy atom. The molecular weight excluding hydrogens is 386 g/mol. The molecule has 0 spiro atoms. The fraction of sp³-hybridized carbons (Fsp3) is 0.421. The largest absolute Gasteiger partial charge is 0.356 e. The number of hydrogen-bond acceptors (Lipinski definition) is 9. The molecule has 2 fully saturated rings. The summed E-state index contributed by atoms with van der Waals surface area (Å²) in [6.45, 7) is 4.14. The van der Waals surface area contributed by atoms with E-state index in [1.165, 1.54) is 21.1 Å². The SMILES string of the molecule is Cc1ccnc(N2C[C@@H]3C(c4noc(Cn5cnc6nnn(C)c6c5=O)n4)[C@@H]3C2)c1. The highest BCUT2D eigenvalue weighted by molar-refractivity contribution is 5.67. The number of nitrogens with zero attached hydrogens (tertiary/aromatic N) is 9. The van der Waals surface area contributed by atoms with Gasteiger partial charge in [0.15, 0.2) is 11.3 Å². The van der Waals surface area contributed by atoms with Gasteiger partial charge in [0.1, 0.15) is 18.7 Å². The molecule has 4 aromatic heterocycles. The summed E-state index contributed by atoms with van der Waals surface area (Å²) in [7, 11) is 1.66. The van der Waals surface area contributed by atoms with E-state index in [-0.39, 0.29) is 12.1 Å². The van der Waals surface area contributed by atoms with Gasteiger partial charge in [0.05, 0.1) is 0 Å². The second kappa shape index (κ2) is 6.18. The first-order valence-corrected chi connectivity index (χ1v) is 9.83. The Morgan fingerprint density at radius 3 is 2.87 bits per heavy atom. The summed E-state index contributed by atoms with van der Waals surface area (Å²) >= 11 is 0. The van der Waals surface area contributed by atoms with Crippen LogP contribution in [0.1, 0.15) is 23.2 Å². The summed E-state index contributed by atoms with van der Waals surface area (Å²) < 4.78 is 8.28. The number of rotatable bonds is 4. The van der Waals surface area contributed by atoms with Gasteiger partial charge >= 0.3 is 0 Å². The van der Waals surface area contributed by atoms with Crippen molar-refractivity contribution in [3.63, 3.8) is 0 Å². The Balaban J connectivity index is 1.17. The van der Waals surface area contributed by atoms with Gasteiger partial charge in [-0.15, -0.1) is 5.10 Å². The second-order valence-electron chi connectivity index (χ2n) is 8.06. The van der Waals surface area contributed by atoms with Crippen LogP contribution in [0.4, 0.5) is 5.82 Å². The van der Waals surface area contributed by atoms with Gasteiger partial charge in [0, 0.05) is 32.3 Å². The van der Waals surface area contributed by atoms with Crippen molar-refractivity contribution in [2.24, 2.45) is 18.9 Å². The number of piperidine rings is 1. The van der Waals surface area contributed by atoms with Crippen molar-refractivity contribution < 1.29 is 4.52 Å². The van der Waals surface area contributed by atoms with Crippen molar-refractivity contribution in [3.05, 3.63) is 52.3 Å². The fourth-order valence-corrected chi connectivity index (χ4v) is 4.50. The highest BCUT2D eigenvalue weighted by Gasteiger charge is 2.58. The van der Waals surface area contributed by atoms with Gasteiger partial charge < -0.3 is 9.42 Å². The van der Waals surface area contributed by atoms with Gasteiger partial charge in [-0.25, -0.2) is 14.6 Å². The van der Waals surface area contributed by atoms with Crippen molar-refractivity contribution in [2.75, 3.05) is 18.0 Å². The maximum Gasteiger partial charge on any atom is 0.281 e. The maximum absolute atomic E-state index is 12.6. The van der Waals surface area contributed by atoms with Crippen molar-refractivity contribution >= 4 is 17.0 Å². The Morgan fingerprint density at radius 2 is 2.07 bits per heavy atom. The number of pyridine rings is 1. The van der Waals surface area contributed by atoms with E-state index < -0.39 is 0 Å². The first kappa shape index (κ1) is 17.2. The third kappa shape index (κ3) is 2.61. The Kier molecular flexibility index (Phi) is 3.55. The van der Waals surface area contributed by atoms with Gasteiger partial charge in [-0.2, -0.15) is 4.98 Å². The van der Waals surface area contributed by atoms with E-state index in [4.69, 9.17) is 4.52 Å². The van der Waals surface area contributed by atoms with Crippen molar-refractivity contribution in [1.29, 1.82) is 0 Å². The van der Waals surface area contributed by atoms with E-state index >= 15 is 0 Å². The number of aromatic nitrogens is 8. The third-order valence-electron chi connectivity index (χ3n) is 6.10. The second-order valence-corrected chi connectivity index (χ2v) is 8.06. The molecule has 1 saturated carbocycles. The zero-order chi connectivity index (χ0) is 20.4. The van der Waals surface area contributed by atoms with Crippen molar-refractivity contribution in [1.82, 2.24) is 39.7 Å². The third-order valence-corrected chi connectivity index (χ3v) is 6.10. The molecule has 0 aromatic carbocycles. The molecule has 6 rings (SSSR count). The Hall–Kier alpha value is -3.63. The molecule has 0 N–H and O–H groups in total. The molecule has 30 heavy (non-hydrogen) atoms. The van der Waals surface area contributed by atoms with Gasteiger partial charge in [-0.3, -0.25) is 9.36 Å². The molecule has 1 aliphatic heterocycles. The number of aryl methyl sites for hydroxylation is 2. The molecule has 0 radical (unpaired) electrons. The lowest BCUT2D eigenvalue weighted by molar-refractivity contribution is 0.363. The van der Waals surface area contributed by atoms with Gasteiger partial charge in [-0.1, -0.05) is 10.4 Å². The first-order valence-electron chi connectivity index (χ1n) is 9.83. The smallest absolute Gasteiger partial charge is 0.281 e. The quantitative estimate of drug-likeness (QED) is 0.478. The highest BCUT2D eigenvalue weighted by atomic mass is 16.5. The van der Waals surface area contributed by atoms with Crippen molar-refractivity contribution in [3.8, 4) is 0 Å². The van der Waals surface area contributed by atoms with Gasteiger partial charge in [0.25, 0.3) is 5.56 Å². The van der Waals surface area contributed by atoms with Crippen LogP contribution in [0, 0.1) is 18.8 Å². The lowest BCUT2D eigenvalue weighted by Crippen LogP contribution is -2.24. The first-order chi connectivity index (χ1) is 14.6. The molecule has 0 bridgehead atoms. The van der Waals surface area contributed by atoms with E-state index in [1.807, 2.05) is 12.3 Å². The van der Waals surface area contributed by atoms with E-state index in [0.29, 0.717) is 34.8 Å². The molecule has 1 saturated heterocycles. The van der Waals surface area contributed by atoms with Crippen LogP contribution >= 0.6 is 0 Å². The predicted molar refractivity (Wildman–Crippen MR) is 105 cm³/mol. The van der Waals surface area contributed by atoms with Gasteiger partial charge in [-0.05, 0) is 36.5 Å². The summed E-state index contributed by atoms with van der Waals surface area (Å²) in [6.07, 6.45) is 3.29. The van der Waals surface area contributed by atoms with E-state index in [1.54, 1.807) is 7.05 Å². The van der Waals surface area contributed by atoms with Crippen molar-refractivity contribution in [2.45, 2.75) is 19.4 Å². The molecule has 0 amide bonds. The van der Waals surface area contributed by atoms with Crippen LogP contribution in [-0.4, -0.2) is 52.8 Å². The molecule has 11 heteroatoms. The van der Waals surface area contributed by atoms with Crippen LogP contribution in [0.5, 0.6) is 0 Å². The minimum Gasteiger partial charge on any atom is -0.356 e. The summed E-state index contributed by atoms with van der Waals surface area (Å²) in [4.78, 5) is 28.2. The average Bonchev–Trinajstić information content (AvgIpc) is 3.16. The minimum absolute atomic E-state index is 0.168. The number of anilines is 1. The molecule has 152 valence electrons. The van der Waals surface area contributed by atoms with Crippen LogP contribution in [0.2, 0.25) is 0 Å². The van der Waals surface area contributed by atoms with E-state index in [0.717, 1.165) is 24.7 Å². The average molecular weight is 405 g/mol. The highest BCUT2D eigenvalue weighted by Crippen LogP contribution is 2.57. The number of fused-ring (bicyclic) bond motifs is 2. The minimum atomic E-state index is -0.239. The van der Waals surface area contributed by atoms with Crippen LogP contribution in [-0.2, 0) is 13.6 Å². The van der Waals surface area contributed by atoms with Gasteiger partial charge in [0.2, 0.25) is 11.5 Å². The molecule has 1 aliphatic carbocycles. The summed E-state index contributed by atoms with van der Waals surface area (Å²) in [5.41, 5.74) is 1.64. The molecular formula is C19H19N9O2. The van der Waals surface area contributed by atoms with Crippen LogP contribution in [0.15, 0.2) is 34.0 Å². The zero-order valence-electron chi connectivity index (χ0n) is 16.5. The zero-order valence-corrected chi connectivity index (χ0v) is 16.5. The Labute approximate surface area is 170 Å². The standard InChI is InChI=1S/C19H19N9O2/c1-10-3-4-20-13(5-10)27-6-11-12(7-27)15(11)17-22-14(30-24-17)8-28-9-21-18-16(19(28)29)26(2)25-23-18/h3-5,9,11-12,15H,6-8H2,1-2H3/t11-,12+,15?. The van der Waals surface area contributed by atoms with Crippen LogP contribution in [0.3, 0.4) is 0 Å². The summed E-state index contributed by atoms with van der Waals surface area (Å²) in [5, 5.41) is 11.9. The molecule has 4 aromatic rings. The monoisotopic (exact) mass is 405 g/mol. The molecule has 1 unspecified atom stereocenters. The van der Waals surface area contributed by atoms with E-state index in [2.05, 4.69) is 48.3 Å². The normalized spacial score (nSPS) is 22.6. The van der Waals surface area contributed by atoms with Crippen LogP contribution in [0.25, 0.3) is 11.2 Å². The van der Waals surface area contributed by atoms with E-state index in [9.17, 15) is 4.79 Å². The number of hydrogen-bond donors (Lipinski definition) is 0. The topological polar surface area (TPSA) is 121 Å². The molecule has 5 heterocycles. The predicted octanol–water partition coefficient (Wildman–Crippen LogP) is 0.510.